The maximum Gasteiger partial charge on any atom is 0.323 e. The maximum absolute atomic E-state index is 11.8. The fraction of sp³-hybridized carbons (Fsp3) is 0.545. The highest BCUT2D eigenvalue weighted by molar-refractivity contribution is 5.93. The van der Waals surface area contributed by atoms with Gasteiger partial charge >= 0.3 is 5.82 Å². The second-order valence-corrected chi connectivity index (χ2v) is 4.20. The Morgan fingerprint density at radius 1 is 1.53 bits per heavy atom. The van der Waals surface area contributed by atoms with E-state index in [-0.39, 0.29) is 17.4 Å². The molecule has 0 aliphatic rings. The number of rotatable bonds is 7. The van der Waals surface area contributed by atoms with Crippen molar-refractivity contribution in [2.45, 2.75) is 13.0 Å². The lowest BCUT2D eigenvalue weighted by molar-refractivity contribution is -0.391. The molecule has 0 aliphatic carbocycles. The second-order valence-electron chi connectivity index (χ2n) is 4.20. The summed E-state index contributed by atoms with van der Waals surface area (Å²) in [7, 11) is 1.47. The third-order valence-electron chi connectivity index (χ3n) is 2.54. The van der Waals surface area contributed by atoms with Crippen LogP contribution in [0.5, 0.6) is 0 Å². The van der Waals surface area contributed by atoms with Crippen LogP contribution in [0.25, 0.3) is 0 Å². The lowest BCUT2D eigenvalue weighted by Gasteiger charge is -2.07. The highest BCUT2D eigenvalue weighted by Crippen LogP contribution is 2.14. The average Bonchev–Trinajstić information content (AvgIpc) is 2.70. The van der Waals surface area contributed by atoms with E-state index in [9.17, 15) is 14.9 Å². The van der Waals surface area contributed by atoms with Crippen molar-refractivity contribution in [2.24, 2.45) is 7.05 Å². The molecule has 1 rings (SSSR count). The molecule has 0 bridgehead atoms. The van der Waals surface area contributed by atoms with Crippen LogP contribution in [0, 0.1) is 10.1 Å². The molecule has 0 aliphatic heterocycles. The molecule has 0 saturated heterocycles. The summed E-state index contributed by atoms with van der Waals surface area (Å²) in [6.45, 7) is 3.01. The molecule has 3 N–H and O–H groups in total. The number of hydrogen-bond donors (Lipinski definition) is 3. The van der Waals surface area contributed by atoms with Gasteiger partial charge < -0.3 is 25.9 Å². The van der Waals surface area contributed by atoms with Gasteiger partial charge in [0.1, 0.15) is 0 Å². The quantitative estimate of drug-likeness (QED) is 0.356. The fourth-order valence-corrected chi connectivity index (χ4v) is 1.58. The Hall–Kier alpha value is -1.93. The summed E-state index contributed by atoms with van der Waals surface area (Å²) >= 11 is 0. The van der Waals surface area contributed by atoms with Crippen molar-refractivity contribution in [3.05, 3.63) is 27.9 Å². The highest BCUT2D eigenvalue weighted by Gasteiger charge is 2.19. The number of aromatic nitrogens is 1. The van der Waals surface area contributed by atoms with Gasteiger partial charge in [0.25, 0.3) is 5.91 Å². The van der Waals surface area contributed by atoms with Crippen molar-refractivity contribution in [1.29, 1.82) is 0 Å². The van der Waals surface area contributed by atoms with Gasteiger partial charge in [-0.2, -0.15) is 0 Å². The minimum Gasteiger partial charge on any atom is -0.392 e. The van der Waals surface area contributed by atoms with Gasteiger partial charge in [-0.1, -0.05) is 0 Å². The van der Waals surface area contributed by atoms with Crippen molar-refractivity contribution in [3.8, 4) is 0 Å². The van der Waals surface area contributed by atoms with Crippen LogP contribution in [-0.4, -0.2) is 46.2 Å². The van der Waals surface area contributed by atoms with Crippen LogP contribution in [0.4, 0.5) is 5.82 Å². The standard InChI is InChI=1S/C11H18N4O4/c1-8(16)7-12-5-6-13-11(17)9-3-4-10(14(9)2)15(18)19/h3-4,8,12,16H,5-7H2,1-2H3,(H,13,17). The predicted octanol–water partition coefficient (Wildman–Crippen LogP) is -0.366. The first kappa shape index (κ1) is 15.1. The molecule has 0 spiro atoms. The molecule has 8 nitrogen and oxygen atoms in total. The second kappa shape index (κ2) is 6.86. The smallest absolute Gasteiger partial charge is 0.323 e. The molecule has 19 heavy (non-hydrogen) atoms. The van der Waals surface area contributed by atoms with Crippen LogP contribution in [0.1, 0.15) is 17.4 Å². The van der Waals surface area contributed by atoms with E-state index in [1.54, 1.807) is 6.92 Å². The van der Waals surface area contributed by atoms with Crippen LogP contribution in [0.2, 0.25) is 0 Å². The molecule has 1 amide bonds. The number of carbonyl (C=O) groups excluding carboxylic acids is 1. The molecular weight excluding hydrogens is 252 g/mol. The SMILES string of the molecule is CC(O)CNCCNC(=O)c1ccc([N+](=O)[O-])n1C. The highest BCUT2D eigenvalue weighted by atomic mass is 16.6. The summed E-state index contributed by atoms with van der Waals surface area (Å²) < 4.78 is 1.23. The van der Waals surface area contributed by atoms with E-state index in [1.807, 2.05) is 0 Å². The molecule has 1 aromatic heterocycles. The third kappa shape index (κ3) is 4.34. The molecular formula is C11H18N4O4. The van der Waals surface area contributed by atoms with Crippen LogP contribution in [0.3, 0.4) is 0 Å². The van der Waals surface area contributed by atoms with E-state index in [1.165, 1.54) is 23.7 Å². The number of carbonyl (C=O) groups is 1. The van der Waals surface area contributed by atoms with Crippen molar-refractivity contribution in [2.75, 3.05) is 19.6 Å². The summed E-state index contributed by atoms with van der Waals surface area (Å²) in [5, 5.41) is 25.2. The summed E-state index contributed by atoms with van der Waals surface area (Å²) in [6.07, 6.45) is -0.439. The van der Waals surface area contributed by atoms with E-state index in [4.69, 9.17) is 5.11 Å². The number of hydrogen-bond acceptors (Lipinski definition) is 5. The van der Waals surface area contributed by atoms with Gasteiger partial charge in [0, 0.05) is 25.7 Å². The number of amides is 1. The fourth-order valence-electron chi connectivity index (χ4n) is 1.58. The van der Waals surface area contributed by atoms with Crippen molar-refractivity contribution in [3.63, 3.8) is 0 Å². The summed E-state index contributed by atoms with van der Waals surface area (Å²) in [4.78, 5) is 21.9. The molecule has 0 fully saturated rings. The van der Waals surface area contributed by atoms with E-state index in [2.05, 4.69) is 10.6 Å². The summed E-state index contributed by atoms with van der Waals surface area (Å²) in [5.41, 5.74) is 0.238. The van der Waals surface area contributed by atoms with Gasteiger partial charge in [-0.15, -0.1) is 0 Å². The minimum absolute atomic E-state index is 0.127. The summed E-state index contributed by atoms with van der Waals surface area (Å²) in [6, 6.07) is 2.71. The zero-order valence-corrected chi connectivity index (χ0v) is 10.9. The summed E-state index contributed by atoms with van der Waals surface area (Å²) in [5.74, 6) is -0.494. The molecule has 106 valence electrons. The maximum atomic E-state index is 11.8. The Bertz CT molecular complexity index is 456. The van der Waals surface area contributed by atoms with E-state index >= 15 is 0 Å². The van der Waals surface area contributed by atoms with Gasteiger partial charge in [0.05, 0.1) is 13.2 Å². The molecule has 1 heterocycles. The number of aliphatic hydroxyl groups excluding tert-OH is 1. The molecule has 0 saturated carbocycles. The van der Waals surface area contributed by atoms with Crippen molar-refractivity contribution in [1.82, 2.24) is 15.2 Å². The van der Waals surface area contributed by atoms with E-state index in [0.29, 0.717) is 19.6 Å². The van der Waals surface area contributed by atoms with Crippen molar-refractivity contribution >= 4 is 11.7 Å². The average molecular weight is 270 g/mol. The van der Waals surface area contributed by atoms with E-state index < -0.39 is 11.0 Å². The number of nitrogens with one attached hydrogen (secondary N) is 2. The first-order valence-electron chi connectivity index (χ1n) is 5.90. The van der Waals surface area contributed by atoms with Crippen LogP contribution in [0.15, 0.2) is 12.1 Å². The van der Waals surface area contributed by atoms with E-state index in [0.717, 1.165) is 0 Å². The molecule has 1 unspecified atom stereocenters. The molecule has 0 radical (unpaired) electrons. The zero-order valence-electron chi connectivity index (χ0n) is 10.9. The topological polar surface area (TPSA) is 109 Å². The Morgan fingerprint density at radius 3 is 2.74 bits per heavy atom. The van der Waals surface area contributed by atoms with Gasteiger partial charge in [0.2, 0.25) is 0 Å². The van der Waals surface area contributed by atoms with Crippen LogP contribution < -0.4 is 10.6 Å². The number of nitrogens with zero attached hydrogens (tertiary/aromatic N) is 2. The lowest BCUT2D eigenvalue weighted by Crippen LogP contribution is -2.35. The predicted molar refractivity (Wildman–Crippen MR) is 69.0 cm³/mol. The lowest BCUT2D eigenvalue weighted by atomic mass is 10.4. The minimum atomic E-state index is -0.541. The molecule has 8 heteroatoms. The van der Waals surface area contributed by atoms with Crippen LogP contribution >= 0.6 is 0 Å². The molecule has 1 atom stereocenters. The van der Waals surface area contributed by atoms with Gasteiger partial charge in [0.15, 0.2) is 5.69 Å². The van der Waals surface area contributed by atoms with Gasteiger partial charge in [-0.05, 0) is 17.9 Å². The molecule has 1 aromatic rings. The Labute approximate surface area is 110 Å². The van der Waals surface area contributed by atoms with Gasteiger partial charge in [-0.25, -0.2) is 4.57 Å². The molecule has 0 aromatic carbocycles. The first-order chi connectivity index (χ1) is 8.93. The third-order valence-corrected chi connectivity index (χ3v) is 2.54. The Balaban J connectivity index is 2.44. The van der Waals surface area contributed by atoms with Crippen LogP contribution in [-0.2, 0) is 7.05 Å². The Kier molecular flexibility index (Phi) is 5.46. The number of aliphatic hydroxyl groups is 1. The Morgan fingerprint density at radius 2 is 2.21 bits per heavy atom. The number of nitro groups is 1. The first-order valence-corrected chi connectivity index (χ1v) is 5.90. The normalized spacial score (nSPS) is 12.2. The zero-order chi connectivity index (χ0) is 14.4. The van der Waals surface area contributed by atoms with Crippen molar-refractivity contribution < 1.29 is 14.8 Å². The monoisotopic (exact) mass is 270 g/mol. The largest absolute Gasteiger partial charge is 0.392 e. The van der Waals surface area contributed by atoms with Gasteiger partial charge in [-0.3, -0.25) is 4.79 Å².